The molecule has 0 radical (unpaired) electrons. The van der Waals surface area contributed by atoms with E-state index in [1.165, 1.54) is 4.68 Å². The predicted octanol–water partition coefficient (Wildman–Crippen LogP) is 2.80. The second-order valence-corrected chi connectivity index (χ2v) is 8.32. The Morgan fingerprint density at radius 2 is 2.08 bits per heavy atom. The summed E-state index contributed by atoms with van der Waals surface area (Å²) in [6, 6.07) is 2.02. The van der Waals surface area contributed by atoms with Gasteiger partial charge in [-0.15, -0.1) is 0 Å². The SMILES string of the molecule is CCN(CC)C(CNS(=O)(=O)c1c(C)nn(C)c1Cl)c1ccsc1. The molecule has 0 saturated heterocycles. The summed E-state index contributed by atoms with van der Waals surface area (Å²) in [4.78, 5) is 2.28. The number of rotatable bonds is 8. The van der Waals surface area contributed by atoms with Crippen molar-refractivity contribution in [3.05, 3.63) is 33.2 Å². The first-order valence-electron chi connectivity index (χ1n) is 7.76. The van der Waals surface area contributed by atoms with E-state index in [2.05, 4.69) is 33.9 Å². The van der Waals surface area contributed by atoms with Gasteiger partial charge >= 0.3 is 0 Å². The van der Waals surface area contributed by atoms with E-state index < -0.39 is 10.0 Å². The van der Waals surface area contributed by atoms with Gasteiger partial charge in [-0.25, -0.2) is 13.1 Å². The van der Waals surface area contributed by atoms with E-state index in [1.807, 2.05) is 11.4 Å². The van der Waals surface area contributed by atoms with Crippen LogP contribution in [0, 0.1) is 6.92 Å². The lowest BCUT2D eigenvalue weighted by Gasteiger charge is -2.29. The molecule has 0 amide bonds. The quantitative estimate of drug-likeness (QED) is 0.752. The predicted molar refractivity (Wildman–Crippen MR) is 98.1 cm³/mol. The normalized spacial score (nSPS) is 13.6. The zero-order valence-electron chi connectivity index (χ0n) is 14.3. The average Bonchev–Trinajstić information content (AvgIpc) is 3.12. The second kappa shape index (κ2) is 7.97. The Morgan fingerprint density at radius 1 is 1.42 bits per heavy atom. The van der Waals surface area contributed by atoms with Gasteiger partial charge in [-0.05, 0) is 42.4 Å². The maximum Gasteiger partial charge on any atom is 0.245 e. The lowest BCUT2D eigenvalue weighted by Crippen LogP contribution is -2.38. The number of aryl methyl sites for hydroxylation is 2. The molecule has 2 rings (SSSR count). The van der Waals surface area contributed by atoms with Gasteiger partial charge in [0.25, 0.3) is 0 Å². The lowest BCUT2D eigenvalue weighted by atomic mass is 10.1. The van der Waals surface area contributed by atoms with Crippen molar-refractivity contribution in [2.45, 2.75) is 31.7 Å². The molecule has 6 nitrogen and oxygen atoms in total. The minimum Gasteiger partial charge on any atom is -0.296 e. The largest absolute Gasteiger partial charge is 0.296 e. The van der Waals surface area contributed by atoms with E-state index in [0.29, 0.717) is 5.69 Å². The van der Waals surface area contributed by atoms with Crippen molar-refractivity contribution in [1.82, 2.24) is 19.4 Å². The molecule has 2 aromatic rings. The fourth-order valence-corrected chi connectivity index (χ4v) is 5.25. The number of nitrogens with zero attached hydrogens (tertiary/aromatic N) is 3. The Bertz CT molecular complexity index is 768. The number of nitrogens with one attached hydrogen (secondary N) is 1. The molecule has 0 fully saturated rings. The summed E-state index contributed by atoms with van der Waals surface area (Å²) in [5.74, 6) is 0. The monoisotopic (exact) mass is 390 g/mol. The summed E-state index contributed by atoms with van der Waals surface area (Å²) in [5.41, 5.74) is 1.50. The van der Waals surface area contributed by atoms with Gasteiger partial charge in [0.05, 0.1) is 5.69 Å². The minimum atomic E-state index is -3.73. The Hall–Kier alpha value is -0.930. The molecular formula is C15H23ClN4O2S2. The van der Waals surface area contributed by atoms with Gasteiger partial charge in [0, 0.05) is 19.6 Å². The summed E-state index contributed by atoms with van der Waals surface area (Å²) in [5, 5.41) is 8.26. The smallest absolute Gasteiger partial charge is 0.245 e. The molecule has 2 heterocycles. The van der Waals surface area contributed by atoms with E-state index >= 15 is 0 Å². The summed E-state index contributed by atoms with van der Waals surface area (Å²) in [6.45, 7) is 7.74. The summed E-state index contributed by atoms with van der Waals surface area (Å²) in [7, 11) is -2.10. The molecule has 1 N–H and O–H groups in total. The van der Waals surface area contributed by atoms with Crippen LogP contribution in [0.2, 0.25) is 5.15 Å². The number of halogens is 1. The third-order valence-corrected chi connectivity index (χ3v) is 6.84. The number of hydrogen-bond acceptors (Lipinski definition) is 5. The molecule has 0 aliphatic heterocycles. The van der Waals surface area contributed by atoms with Crippen LogP contribution in [-0.2, 0) is 17.1 Å². The maximum absolute atomic E-state index is 12.7. The molecule has 0 spiro atoms. The maximum atomic E-state index is 12.7. The Balaban J connectivity index is 2.25. The highest BCUT2D eigenvalue weighted by atomic mass is 35.5. The Kier molecular flexibility index (Phi) is 6.44. The Labute approximate surface area is 152 Å². The topological polar surface area (TPSA) is 67.2 Å². The highest BCUT2D eigenvalue weighted by Gasteiger charge is 2.27. The molecule has 0 bridgehead atoms. The molecular weight excluding hydrogens is 368 g/mol. The van der Waals surface area contributed by atoms with Crippen molar-refractivity contribution in [1.29, 1.82) is 0 Å². The van der Waals surface area contributed by atoms with E-state index in [4.69, 9.17) is 11.6 Å². The van der Waals surface area contributed by atoms with Crippen LogP contribution in [0.1, 0.15) is 31.1 Å². The van der Waals surface area contributed by atoms with Crippen molar-refractivity contribution < 1.29 is 8.42 Å². The van der Waals surface area contributed by atoms with Crippen molar-refractivity contribution in [2.24, 2.45) is 7.05 Å². The van der Waals surface area contributed by atoms with Gasteiger partial charge < -0.3 is 0 Å². The standard InChI is InChI=1S/C15H23ClN4O2S2/c1-5-20(6-2)13(12-7-8-23-10-12)9-17-24(21,22)14-11(3)18-19(4)15(14)16/h7-8,10,13,17H,5-6,9H2,1-4H3. The van der Waals surface area contributed by atoms with Gasteiger partial charge in [-0.2, -0.15) is 16.4 Å². The van der Waals surface area contributed by atoms with Crippen LogP contribution in [0.4, 0.5) is 0 Å². The van der Waals surface area contributed by atoms with Crippen LogP contribution in [0.5, 0.6) is 0 Å². The Morgan fingerprint density at radius 3 is 2.54 bits per heavy atom. The number of hydrogen-bond donors (Lipinski definition) is 1. The number of sulfonamides is 1. The molecule has 134 valence electrons. The van der Waals surface area contributed by atoms with Crippen LogP contribution in [-0.4, -0.2) is 42.7 Å². The second-order valence-electron chi connectivity index (χ2n) is 5.47. The van der Waals surface area contributed by atoms with E-state index in [-0.39, 0.29) is 22.6 Å². The first kappa shape index (κ1) is 19.4. The molecule has 0 aliphatic carbocycles. The third-order valence-electron chi connectivity index (χ3n) is 4.02. The summed E-state index contributed by atoms with van der Waals surface area (Å²) in [6.07, 6.45) is 0. The van der Waals surface area contributed by atoms with Crippen LogP contribution < -0.4 is 4.72 Å². The molecule has 0 aromatic carbocycles. The van der Waals surface area contributed by atoms with Crippen LogP contribution in [0.15, 0.2) is 21.7 Å². The summed E-state index contributed by atoms with van der Waals surface area (Å²) >= 11 is 7.71. The number of thiophene rings is 1. The minimum absolute atomic E-state index is 0.0169. The number of aromatic nitrogens is 2. The molecule has 9 heteroatoms. The highest BCUT2D eigenvalue weighted by molar-refractivity contribution is 7.89. The molecule has 0 aliphatic rings. The third kappa shape index (κ3) is 4.00. The fourth-order valence-electron chi connectivity index (χ4n) is 2.76. The van der Waals surface area contributed by atoms with Gasteiger partial charge in [-0.3, -0.25) is 9.58 Å². The molecule has 1 atom stereocenters. The van der Waals surface area contributed by atoms with E-state index in [1.54, 1.807) is 25.3 Å². The fraction of sp³-hybridized carbons (Fsp3) is 0.533. The van der Waals surface area contributed by atoms with E-state index in [9.17, 15) is 8.42 Å². The molecule has 0 saturated carbocycles. The summed E-state index contributed by atoms with van der Waals surface area (Å²) < 4.78 is 29.5. The van der Waals surface area contributed by atoms with Crippen molar-refractivity contribution >= 4 is 33.0 Å². The van der Waals surface area contributed by atoms with Crippen molar-refractivity contribution in [3.63, 3.8) is 0 Å². The molecule has 2 aromatic heterocycles. The number of likely N-dealkylation sites (N-methyl/N-ethyl adjacent to an activating group) is 1. The highest BCUT2D eigenvalue weighted by Crippen LogP contribution is 2.26. The van der Waals surface area contributed by atoms with Crippen LogP contribution in [0.3, 0.4) is 0 Å². The van der Waals surface area contributed by atoms with Crippen molar-refractivity contribution in [2.75, 3.05) is 19.6 Å². The van der Waals surface area contributed by atoms with Crippen molar-refractivity contribution in [3.8, 4) is 0 Å². The van der Waals surface area contributed by atoms with E-state index in [0.717, 1.165) is 18.7 Å². The molecule has 1 unspecified atom stereocenters. The van der Waals surface area contributed by atoms with Gasteiger partial charge in [0.1, 0.15) is 10.0 Å². The molecule has 24 heavy (non-hydrogen) atoms. The first-order chi connectivity index (χ1) is 11.3. The first-order valence-corrected chi connectivity index (χ1v) is 10.6. The zero-order valence-corrected chi connectivity index (χ0v) is 16.7. The van der Waals surface area contributed by atoms with Gasteiger partial charge in [0.15, 0.2) is 0 Å². The average molecular weight is 391 g/mol. The van der Waals surface area contributed by atoms with Gasteiger partial charge in [-0.1, -0.05) is 25.4 Å². The lowest BCUT2D eigenvalue weighted by molar-refractivity contribution is 0.220. The van der Waals surface area contributed by atoms with Crippen LogP contribution in [0.25, 0.3) is 0 Å². The van der Waals surface area contributed by atoms with Crippen LogP contribution >= 0.6 is 22.9 Å². The van der Waals surface area contributed by atoms with Gasteiger partial charge in [0.2, 0.25) is 10.0 Å². The zero-order chi connectivity index (χ0) is 17.9.